The Hall–Kier alpha value is -1.59. The van der Waals surface area contributed by atoms with Crippen molar-refractivity contribution in [3.63, 3.8) is 0 Å². The van der Waals surface area contributed by atoms with Gasteiger partial charge in [-0.05, 0) is 13.3 Å². The van der Waals surface area contributed by atoms with Gasteiger partial charge in [-0.2, -0.15) is 0 Å². The number of rotatable bonds is 7. The van der Waals surface area contributed by atoms with Crippen LogP contribution in [-0.4, -0.2) is 59.9 Å². The summed E-state index contributed by atoms with van der Waals surface area (Å²) in [6, 6.07) is 0. The van der Waals surface area contributed by atoms with Crippen LogP contribution in [0.1, 0.15) is 26.2 Å². The van der Waals surface area contributed by atoms with Gasteiger partial charge in [0.25, 0.3) is 0 Å². The van der Waals surface area contributed by atoms with Crippen LogP contribution >= 0.6 is 0 Å². The van der Waals surface area contributed by atoms with E-state index in [-0.39, 0.29) is 24.8 Å². The molecular weight excluding hydrogens is 224 g/mol. The SMILES string of the molecule is CCN(CC(=O)O)C(=O)CCCC(=O)N(C)C. The molecule has 0 aliphatic carbocycles. The Kier molecular flexibility index (Phi) is 6.93. The zero-order chi connectivity index (χ0) is 13.4. The second-order valence-electron chi connectivity index (χ2n) is 3.94. The number of carboxylic acids is 1. The highest BCUT2D eigenvalue weighted by atomic mass is 16.4. The first kappa shape index (κ1) is 15.4. The maximum Gasteiger partial charge on any atom is 0.323 e. The van der Waals surface area contributed by atoms with Crippen molar-refractivity contribution in [1.82, 2.24) is 9.80 Å². The number of amides is 2. The lowest BCUT2D eigenvalue weighted by Crippen LogP contribution is -2.35. The average molecular weight is 244 g/mol. The van der Waals surface area contributed by atoms with Gasteiger partial charge in [-0.3, -0.25) is 14.4 Å². The zero-order valence-corrected chi connectivity index (χ0v) is 10.6. The maximum absolute atomic E-state index is 11.6. The highest BCUT2D eigenvalue weighted by Crippen LogP contribution is 2.02. The van der Waals surface area contributed by atoms with Crippen LogP contribution < -0.4 is 0 Å². The molecule has 17 heavy (non-hydrogen) atoms. The van der Waals surface area contributed by atoms with E-state index in [2.05, 4.69) is 0 Å². The van der Waals surface area contributed by atoms with Crippen LogP contribution in [0.15, 0.2) is 0 Å². The molecule has 0 fully saturated rings. The Morgan fingerprint density at radius 1 is 1.06 bits per heavy atom. The molecule has 0 aliphatic rings. The molecule has 0 radical (unpaired) electrons. The van der Waals surface area contributed by atoms with Crippen molar-refractivity contribution >= 4 is 17.8 Å². The standard InChI is InChI=1S/C11H20N2O4/c1-4-13(8-11(16)17)10(15)7-5-6-9(14)12(2)3/h4-8H2,1-3H3,(H,16,17). The van der Waals surface area contributed by atoms with Crippen molar-refractivity contribution in [2.75, 3.05) is 27.2 Å². The Morgan fingerprint density at radius 3 is 2.00 bits per heavy atom. The van der Waals surface area contributed by atoms with Gasteiger partial charge in [0.15, 0.2) is 0 Å². The molecule has 0 rings (SSSR count). The topological polar surface area (TPSA) is 77.9 Å². The fraction of sp³-hybridized carbons (Fsp3) is 0.727. The normalized spacial score (nSPS) is 9.82. The van der Waals surface area contributed by atoms with E-state index in [1.54, 1.807) is 21.0 Å². The van der Waals surface area contributed by atoms with Gasteiger partial charge in [-0.25, -0.2) is 0 Å². The van der Waals surface area contributed by atoms with Gasteiger partial charge < -0.3 is 14.9 Å². The van der Waals surface area contributed by atoms with Gasteiger partial charge >= 0.3 is 5.97 Å². The van der Waals surface area contributed by atoms with Gasteiger partial charge in [0, 0.05) is 33.5 Å². The van der Waals surface area contributed by atoms with Crippen LogP contribution in [0.2, 0.25) is 0 Å². The Labute approximate surface area is 101 Å². The molecule has 0 aromatic rings. The summed E-state index contributed by atoms with van der Waals surface area (Å²) >= 11 is 0. The van der Waals surface area contributed by atoms with Gasteiger partial charge in [0.2, 0.25) is 11.8 Å². The van der Waals surface area contributed by atoms with Crippen LogP contribution in [0.5, 0.6) is 0 Å². The summed E-state index contributed by atoms with van der Waals surface area (Å²) < 4.78 is 0. The molecule has 0 aliphatic heterocycles. The van der Waals surface area contributed by atoms with Gasteiger partial charge in [-0.1, -0.05) is 0 Å². The molecule has 0 atom stereocenters. The molecule has 2 amide bonds. The van der Waals surface area contributed by atoms with Crippen molar-refractivity contribution in [3.05, 3.63) is 0 Å². The summed E-state index contributed by atoms with van der Waals surface area (Å²) in [5.74, 6) is -1.27. The third-order valence-electron chi connectivity index (χ3n) is 2.34. The van der Waals surface area contributed by atoms with E-state index in [4.69, 9.17) is 5.11 Å². The predicted molar refractivity (Wildman–Crippen MR) is 62.4 cm³/mol. The molecule has 0 spiro atoms. The molecule has 0 heterocycles. The molecule has 1 N–H and O–H groups in total. The Balaban J connectivity index is 3.99. The number of likely N-dealkylation sites (N-methyl/N-ethyl adjacent to an activating group) is 1. The Bertz CT molecular complexity index is 289. The molecule has 0 aromatic carbocycles. The van der Waals surface area contributed by atoms with Crippen molar-refractivity contribution in [1.29, 1.82) is 0 Å². The number of hydrogen-bond acceptors (Lipinski definition) is 3. The fourth-order valence-corrected chi connectivity index (χ4v) is 1.31. The lowest BCUT2D eigenvalue weighted by Gasteiger charge is -2.18. The molecule has 0 unspecified atom stereocenters. The van der Waals surface area contributed by atoms with E-state index < -0.39 is 5.97 Å². The molecule has 0 bridgehead atoms. The van der Waals surface area contributed by atoms with Crippen LogP contribution in [-0.2, 0) is 14.4 Å². The van der Waals surface area contributed by atoms with Crippen molar-refractivity contribution in [2.45, 2.75) is 26.2 Å². The van der Waals surface area contributed by atoms with Crippen molar-refractivity contribution < 1.29 is 19.5 Å². The van der Waals surface area contributed by atoms with Gasteiger partial charge in [0.1, 0.15) is 6.54 Å². The van der Waals surface area contributed by atoms with Gasteiger partial charge in [0.05, 0.1) is 0 Å². The summed E-state index contributed by atoms with van der Waals surface area (Å²) in [7, 11) is 3.32. The van der Waals surface area contributed by atoms with E-state index in [0.717, 1.165) is 0 Å². The lowest BCUT2D eigenvalue weighted by atomic mass is 10.2. The number of carbonyl (C=O) groups is 3. The minimum Gasteiger partial charge on any atom is -0.480 e. The molecular formula is C11H20N2O4. The molecule has 0 saturated heterocycles. The van der Waals surface area contributed by atoms with E-state index in [1.165, 1.54) is 9.80 Å². The second kappa shape index (κ2) is 7.65. The highest BCUT2D eigenvalue weighted by molar-refractivity contribution is 5.82. The average Bonchev–Trinajstić information content (AvgIpc) is 2.24. The summed E-state index contributed by atoms with van der Waals surface area (Å²) in [5.41, 5.74) is 0. The number of nitrogens with zero attached hydrogens (tertiary/aromatic N) is 2. The van der Waals surface area contributed by atoms with Crippen molar-refractivity contribution in [2.24, 2.45) is 0 Å². The number of aliphatic carboxylic acids is 1. The monoisotopic (exact) mass is 244 g/mol. The number of carboxylic acid groups (broad SMARTS) is 1. The Morgan fingerprint density at radius 2 is 1.59 bits per heavy atom. The van der Waals surface area contributed by atoms with E-state index >= 15 is 0 Å². The van der Waals surface area contributed by atoms with Crippen molar-refractivity contribution in [3.8, 4) is 0 Å². The summed E-state index contributed by atoms with van der Waals surface area (Å²) in [4.78, 5) is 36.1. The largest absolute Gasteiger partial charge is 0.480 e. The lowest BCUT2D eigenvalue weighted by molar-refractivity contribution is -0.144. The molecule has 0 aromatic heterocycles. The van der Waals surface area contributed by atoms with Crippen LogP contribution in [0.25, 0.3) is 0 Å². The first-order chi connectivity index (χ1) is 7.88. The van der Waals surface area contributed by atoms with Gasteiger partial charge in [-0.15, -0.1) is 0 Å². The van der Waals surface area contributed by atoms with Crippen LogP contribution in [0.3, 0.4) is 0 Å². The van der Waals surface area contributed by atoms with Crippen LogP contribution in [0, 0.1) is 0 Å². The van der Waals surface area contributed by atoms with E-state index in [0.29, 0.717) is 19.4 Å². The minimum atomic E-state index is -1.02. The third kappa shape index (κ3) is 6.55. The van der Waals surface area contributed by atoms with E-state index in [1.807, 2.05) is 0 Å². The second-order valence-corrected chi connectivity index (χ2v) is 3.94. The summed E-state index contributed by atoms with van der Waals surface area (Å²) in [6.07, 6.45) is 0.968. The summed E-state index contributed by atoms with van der Waals surface area (Å²) in [6.45, 7) is 1.82. The molecule has 98 valence electrons. The first-order valence-electron chi connectivity index (χ1n) is 5.58. The highest BCUT2D eigenvalue weighted by Gasteiger charge is 2.15. The summed E-state index contributed by atoms with van der Waals surface area (Å²) in [5, 5.41) is 8.60. The fourth-order valence-electron chi connectivity index (χ4n) is 1.31. The third-order valence-corrected chi connectivity index (χ3v) is 2.34. The van der Waals surface area contributed by atoms with Crippen LogP contribution in [0.4, 0.5) is 0 Å². The maximum atomic E-state index is 11.6. The first-order valence-corrected chi connectivity index (χ1v) is 5.58. The number of carbonyl (C=O) groups excluding carboxylic acids is 2. The van der Waals surface area contributed by atoms with E-state index in [9.17, 15) is 14.4 Å². The molecule has 6 heteroatoms. The number of hydrogen-bond donors (Lipinski definition) is 1. The molecule has 0 saturated carbocycles. The predicted octanol–water partition coefficient (Wildman–Crippen LogP) is 0.178. The molecule has 6 nitrogen and oxygen atoms in total. The smallest absolute Gasteiger partial charge is 0.323 e. The minimum absolute atomic E-state index is 0.0286. The quantitative estimate of drug-likeness (QED) is 0.693. The zero-order valence-electron chi connectivity index (χ0n) is 10.6.